The Labute approximate surface area is 169 Å². The summed E-state index contributed by atoms with van der Waals surface area (Å²) >= 11 is 0. The van der Waals surface area contributed by atoms with Crippen LogP contribution in [0.4, 0.5) is 5.82 Å². The lowest BCUT2D eigenvalue weighted by atomic mass is 10.2. The van der Waals surface area contributed by atoms with Crippen molar-refractivity contribution in [2.75, 3.05) is 5.73 Å². The van der Waals surface area contributed by atoms with Gasteiger partial charge in [-0.05, 0) is 41.5 Å². The molecule has 0 radical (unpaired) electrons. The van der Waals surface area contributed by atoms with Gasteiger partial charge < -0.3 is 10.3 Å². The molecule has 4 aromatic heterocycles. The van der Waals surface area contributed by atoms with Gasteiger partial charge in [0.05, 0.1) is 16.6 Å². The molecule has 0 aliphatic heterocycles. The second-order valence-corrected chi connectivity index (χ2v) is 6.91. The number of nitrogens with two attached hydrogens (primary N) is 1. The number of para-hydroxylation sites is 3. The van der Waals surface area contributed by atoms with E-state index in [1.807, 2.05) is 59.2 Å². The monoisotopic (exact) mass is 396 g/mol. The third-order valence-corrected chi connectivity index (χ3v) is 5.25. The molecule has 0 aliphatic carbocycles. The van der Waals surface area contributed by atoms with E-state index in [4.69, 9.17) is 15.3 Å². The number of nitrogen functional groups attached to an aromatic ring is 1. The average molecular weight is 396 g/mol. The highest BCUT2D eigenvalue weighted by molar-refractivity contribution is 6.01. The predicted molar refractivity (Wildman–Crippen MR) is 113 cm³/mol. The highest BCUT2D eigenvalue weighted by atomic mass is 16.6. The number of anilines is 1. The van der Waals surface area contributed by atoms with Gasteiger partial charge in [-0.15, -0.1) is 0 Å². The van der Waals surface area contributed by atoms with Crippen LogP contribution in [0.15, 0.2) is 59.2 Å². The molecular formula is C21H16N8O. The molecule has 4 heterocycles. The topological polar surface area (TPSA) is 113 Å². The minimum atomic E-state index is 0.327. The summed E-state index contributed by atoms with van der Waals surface area (Å²) in [7, 11) is 0. The van der Waals surface area contributed by atoms with E-state index in [2.05, 4.69) is 31.8 Å². The maximum Gasteiger partial charge on any atom is 0.245 e. The van der Waals surface area contributed by atoms with Gasteiger partial charge in [-0.2, -0.15) is 0 Å². The van der Waals surface area contributed by atoms with Gasteiger partial charge in [-0.3, -0.25) is 4.57 Å². The van der Waals surface area contributed by atoms with Crippen molar-refractivity contribution in [3.8, 4) is 17.1 Å². The summed E-state index contributed by atoms with van der Waals surface area (Å²) in [4.78, 5) is 14.2. The SMILES string of the molecule is CCn1c(-c2c(N)n(-c3ccccc3)c3nc4nonc4nc23)nc2ccccc21. The van der Waals surface area contributed by atoms with Crippen LogP contribution < -0.4 is 5.73 Å². The summed E-state index contributed by atoms with van der Waals surface area (Å²) in [6.07, 6.45) is 0. The van der Waals surface area contributed by atoms with Gasteiger partial charge in [-0.1, -0.05) is 30.3 Å². The lowest BCUT2D eigenvalue weighted by Crippen LogP contribution is -2.03. The van der Waals surface area contributed by atoms with Crippen molar-refractivity contribution in [3.63, 3.8) is 0 Å². The van der Waals surface area contributed by atoms with Crippen LogP contribution in [0.5, 0.6) is 0 Å². The van der Waals surface area contributed by atoms with E-state index in [9.17, 15) is 0 Å². The standard InChI is InChI=1S/C21H16N8O/c1-2-28-14-11-7-6-10-13(14)23-20(28)15-16-21(25-19-18(24-16)26-30-27-19)29(17(15)22)12-8-4-3-5-9-12/h3-11H,2,22H2,1H3. The Morgan fingerprint density at radius 1 is 0.900 bits per heavy atom. The number of benzene rings is 2. The van der Waals surface area contributed by atoms with Crippen LogP contribution in [0.2, 0.25) is 0 Å². The van der Waals surface area contributed by atoms with Crippen LogP contribution in [0.3, 0.4) is 0 Å². The molecular weight excluding hydrogens is 380 g/mol. The number of fused-ring (bicyclic) bond motifs is 3. The molecule has 9 heteroatoms. The largest absolute Gasteiger partial charge is 0.384 e. The molecule has 0 saturated carbocycles. The Morgan fingerprint density at radius 2 is 1.63 bits per heavy atom. The molecule has 0 atom stereocenters. The van der Waals surface area contributed by atoms with Gasteiger partial charge in [-0.25, -0.2) is 19.6 Å². The van der Waals surface area contributed by atoms with E-state index >= 15 is 0 Å². The summed E-state index contributed by atoms with van der Waals surface area (Å²) in [6, 6.07) is 17.8. The summed E-state index contributed by atoms with van der Waals surface area (Å²) < 4.78 is 8.83. The number of aryl methyl sites for hydroxylation is 1. The molecule has 0 amide bonds. The Hall–Kier alpha value is -4.27. The van der Waals surface area contributed by atoms with Crippen LogP contribution in [-0.4, -0.2) is 34.4 Å². The summed E-state index contributed by atoms with van der Waals surface area (Å²) in [5.41, 5.74) is 12.1. The van der Waals surface area contributed by atoms with Gasteiger partial charge in [0, 0.05) is 12.2 Å². The summed E-state index contributed by atoms with van der Waals surface area (Å²) in [5, 5.41) is 7.71. The second-order valence-electron chi connectivity index (χ2n) is 6.91. The molecule has 0 bridgehead atoms. The summed E-state index contributed by atoms with van der Waals surface area (Å²) in [6.45, 7) is 2.81. The zero-order valence-electron chi connectivity index (χ0n) is 16.0. The normalized spacial score (nSPS) is 11.8. The van der Waals surface area contributed by atoms with E-state index < -0.39 is 0 Å². The van der Waals surface area contributed by atoms with Crippen LogP contribution in [0.25, 0.3) is 50.6 Å². The van der Waals surface area contributed by atoms with Crippen molar-refractivity contribution in [2.45, 2.75) is 13.5 Å². The Balaban J connectivity index is 1.78. The number of hydrogen-bond acceptors (Lipinski definition) is 7. The molecule has 146 valence electrons. The second kappa shape index (κ2) is 6.11. The third-order valence-electron chi connectivity index (χ3n) is 5.25. The van der Waals surface area contributed by atoms with Gasteiger partial charge in [0.15, 0.2) is 5.65 Å². The molecule has 0 fully saturated rings. The van der Waals surface area contributed by atoms with Crippen LogP contribution in [0.1, 0.15) is 6.92 Å². The number of rotatable bonds is 3. The first-order valence-electron chi connectivity index (χ1n) is 9.57. The van der Waals surface area contributed by atoms with Crippen molar-refractivity contribution in [1.82, 2.24) is 34.4 Å². The first-order chi connectivity index (χ1) is 14.8. The van der Waals surface area contributed by atoms with Crippen LogP contribution >= 0.6 is 0 Å². The zero-order chi connectivity index (χ0) is 20.2. The van der Waals surface area contributed by atoms with Crippen LogP contribution in [-0.2, 0) is 6.54 Å². The van der Waals surface area contributed by atoms with Gasteiger partial charge in [0.2, 0.25) is 11.3 Å². The molecule has 0 aliphatic rings. The fourth-order valence-electron chi connectivity index (χ4n) is 3.95. The van der Waals surface area contributed by atoms with Crippen molar-refractivity contribution >= 4 is 39.3 Å². The minimum absolute atomic E-state index is 0.327. The van der Waals surface area contributed by atoms with Crippen molar-refractivity contribution in [3.05, 3.63) is 54.6 Å². The number of nitrogens with zero attached hydrogens (tertiary/aromatic N) is 7. The minimum Gasteiger partial charge on any atom is -0.384 e. The van der Waals surface area contributed by atoms with Crippen LogP contribution in [0, 0.1) is 0 Å². The highest BCUT2D eigenvalue weighted by Gasteiger charge is 2.26. The molecule has 0 unspecified atom stereocenters. The number of hydrogen-bond donors (Lipinski definition) is 1. The van der Waals surface area contributed by atoms with E-state index in [0.29, 0.717) is 33.8 Å². The smallest absolute Gasteiger partial charge is 0.245 e. The maximum absolute atomic E-state index is 6.72. The first kappa shape index (κ1) is 16.7. The molecule has 6 aromatic rings. The first-order valence-corrected chi connectivity index (χ1v) is 9.57. The Kier molecular flexibility index (Phi) is 3.40. The van der Waals surface area contributed by atoms with E-state index in [1.54, 1.807) is 0 Å². The van der Waals surface area contributed by atoms with E-state index in [-0.39, 0.29) is 0 Å². The lowest BCUT2D eigenvalue weighted by molar-refractivity contribution is 0.314. The molecule has 9 nitrogen and oxygen atoms in total. The number of imidazole rings is 1. The number of aromatic nitrogens is 7. The molecule has 30 heavy (non-hydrogen) atoms. The Morgan fingerprint density at radius 3 is 2.43 bits per heavy atom. The Bertz CT molecular complexity index is 1540. The molecule has 0 saturated heterocycles. The molecule has 2 aromatic carbocycles. The molecule has 2 N–H and O–H groups in total. The lowest BCUT2D eigenvalue weighted by Gasteiger charge is -2.08. The molecule has 6 rings (SSSR count). The highest BCUT2D eigenvalue weighted by Crippen LogP contribution is 2.38. The fraction of sp³-hybridized carbons (Fsp3) is 0.0952. The van der Waals surface area contributed by atoms with Crippen molar-refractivity contribution < 1.29 is 4.63 Å². The van der Waals surface area contributed by atoms with Gasteiger partial charge in [0.1, 0.15) is 17.2 Å². The van der Waals surface area contributed by atoms with E-state index in [0.717, 1.165) is 29.1 Å². The maximum atomic E-state index is 6.72. The molecule has 0 spiro atoms. The van der Waals surface area contributed by atoms with E-state index in [1.165, 1.54) is 0 Å². The van der Waals surface area contributed by atoms with Gasteiger partial charge >= 0.3 is 0 Å². The van der Waals surface area contributed by atoms with Gasteiger partial charge in [0.25, 0.3) is 0 Å². The zero-order valence-corrected chi connectivity index (χ0v) is 16.0. The predicted octanol–water partition coefficient (Wildman–Crippen LogP) is 3.58. The van der Waals surface area contributed by atoms with Crippen molar-refractivity contribution in [2.24, 2.45) is 0 Å². The fourth-order valence-corrected chi connectivity index (χ4v) is 3.95. The third kappa shape index (κ3) is 2.20. The van der Waals surface area contributed by atoms with Crippen molar-refractivity contribution in [1.29, 1.82) is 0 Å². The summed E-state index contributed by atoms with van der Waals surface area (Å²) in [5.74, 6) is 1.24. The quantitative estimate of drug-likeness (QED) is 0.486. The average Bonchev–Trinajstić information content (AvgIpc) is 3.45.